The Morgan fingerprint density at radius 2 is 1.60 bits per heavy atom. The van der Waals surface area contributed by atoms with Crippen molar-refractivity contribution >= 4 is 6.08 Å². The second kappa shape index (κ2) is 6.89. The summed E-state index contributed by atoms with van der Waals surface area (Å²) in [4.78, 5) is 0. The topological polar surface area (TPSA) is 0 Å². The zero-order valence-electron chi connectivity index (χ0n) is 9.07. The maximum Gasteiger partial charge on any atom is 3.00 e. The molecule has 0 N–H and O–H groups in total. The quantitative estimate of drug-likeness (QED) is 0.455. The molecule has 0 fully saturated rings. The van der Waals surface area contributed by atoms with Crippen molar-refractivity contribution in [2.75, 3.05) is 0 Å². The van der Waals surface area contributed by atoms with Gasteiger partial charge in [-0.25, -0.2) is 6.08 Å². The van der Waals surface area contributed by atoms with E-state index in [1.54, 1.807) is 0 Å². The van der Waals surface area contributed by atoms with Gasteiger partial charge in [0, 0.05) is 0 Å². The first-order chi connectivity index (χ1) is 5.70. The smallest absolute Gasteiger partial charge is 1.00 e. The van der Waals surface area contributed by atoms with Crippen molar-refractivity contribution in [1.82, 2.24) is 0 Å². The molecule has 3 heteroatoms. The van der Waals surface area contributed by atoms with Crippen molar-refractivity contribution in [1.29, 1.82) is 0 Å². The van der Waals surface area contributed by atoms with E-state index in [4.69, 9.17) is 0 Å². The Bertz CT molecular complexity index is 359. The summed E-state index contributed by atoms with van der Waals surface area (Å²) in [5.74, 6) is 0.486. The van der Waals surface area contributed by atoms with E-state index >= 15 is 0 Å². The summed E-state index contributed by atoms with van der Waals surface area (Å²) >= 11 is 0. The molecule has 0 saturated heterocycles. The summed E-state index contributed by atoms with van der Waals surface area (Å²) in [5, 5.41) is 0. The molecule has 79 valence electrons. The molecule has 1 aliphatic rings. The Morgan fingerprint density at radius 1 is 1.07 bits per heavy atom. The summed E-state index contributed by atoms with van der Waals surface area (Å²) in [6.45, 7) is 6.54. The molecule has 0 spiro atoms. The van der Waals surface area contributed by atoms with Crippen molar-refractivity contribution < 1.29 is 51.0 Å². The van der Waals surface area contributed by atoms with E-state index in [0.29, 0.717) is 5.92 Å². The first-order valence-electron chi connectivity index (χ1n) is 4.39. The fourth-order valence-electron chi connectivity index (χ4n) is 1.91. The van der Waals surface area contributed by atoms with Gasteiger partial charge in [0.15, 0.2) is 0 Å². The van der Waals surface area contributed by atoms with E-state index in [0.717, 1.165) is 0 Å². The van der Waals surface area contributed by atoms with Crippen LogP contribution in [0.1, 0.15) is 35.1 Å². The minimum Gasteiger partial charge on any atom is -1.00 e. The molecule has 2 rings (SSSR count). The molecular formula is C12H13Cl2Zr. The largest absolute Gasteiger partial charge is 3.00 e. The Labute approximate surface area is 123 Å². The molecule has 0 amide bonds. The van der Waals surface area contributed by atoms with E-state index in [2.05, 4.69) is 45.1 Å². The van der Waals surface area contributed by atoms with Crippen molar-refractivity contribution in [3.63, 3.8) is 0 Å². The zero-order chi connectivity index (χ0) is 8.72. The predicted molar refractivity (Wildman–Crippen MR) is 52.0 cm³/mol. The Morgan fingerprint density at radius 3 is 2.13 bits per heavy atom. The number of rotatable bonds is 0. The first kappa shape index (κ1) is 17.8. The maximum absolute atomic E-state index is 3.34. The molecule has 0 nitrogen and oxygen atoms in total. The Hall–Kier alpha value is 0.423. The van der Waals surface area contributed by atoms with Gasteiger partial charge >= 0.3 is 26.2 Å². The van der Waals surface area contributed by atoms with Crippen LogP contribution in [0.4, 0.5) is 0 Å². The fraction of sp³-hybridized carbons (Fsp3) is 0.333. The maximum atomic E-state index is 3.34. The summed E-state index contributed by atoms with van der Waals surface area (Å²) in [5.41, 5.74) is 5.62. The minimum atomic E-state index is 0. The molecule has 0 saturated carbocycles. The summed E-state index contributed by atoms with van der Waals surface area (Å²) in [6.07, 6.45) is 5.47. The van der Waals surface area contributed by atoms with Crippen LogP contribution in [0.25, 0.3) is 6.08 Å². The van der Waals surface area contributed by atoms with Gasteiger partial charge in [-0.2, -0.15) is 5.56 Å². The number of hydrogen-bond acceptors (Lipinski definition) is 0. The van der Waals surface area contributed by atoms with Crippen molar-refractivity contribution in [2.24, 2.45) is 0 Å². The van der Waals surface area contributed by atoms with Gasteiger partial charge in [-0.3, -0.25) is 6.08 Å². The number of halogens is 2. The van der Waals surface area contributed by atoms with Crippen LogP contribution < -0.4 is 24.8 Å². The molecule has 15 heavy (non-hydrogen) atoms. The SMILES string of the molecule is Cc1ccc(C)c2c1C=[C-]C2C.[Cl-].[Cl-].[Zr+3]. The third-order valence-electron chi connectivity index (χ3n) is 2.63. The van der Waals surface area contributed by atoms with E-state index in [9.17, 15) is 0 Å². The Balaban J connectivity index is 0. The molecule has 0 aromatic heterocycles. The number of fused-ring (bicyclic) bond motifs is 1. The second-order valence-corrected chi connectivity index (χ2v) is 3.56. The number of benzene rings is 1. The van der Waals surface area contributed by atoms with E-state index in [1.807, 2.05) is 0 Å². The molecule has 0 heterocycles. The molecular weight excluding hydrogens is 306 g/mol. The monoisotopic (exact) mass is 317 g/mol. The molecule has 1 unspecified atom stereocenters. The van der Waals surface area contributed by atoms with Crippen molar-refractivity contribution in [3.05, 3.63) is 40.5 Å². The van der Waals surface area contributed by atoms with Crippen LogP contribution in [0.3, 0.4) is 0 Å². The van der Waals surface area contributed by atoms with Gasteiger partial charge in [-0.15, -0.1) is 11.1 Å². The van der Waals surface area contributed by atoms with Gasteiger partial charge in [0.05, 0.1) is 0 Å². The van der Waals surface area contributed by atoms with E-state index < -0.39 is 0 Å². The minimum absolute atomic E-state index is 0. The average molecular weight is 319 g/mol. The van der Waals surface area contributed by atoms with Gasteiger partial charge in [-0.05, 0) is 6.92 Å². The third-order valence-corrected chi connectivity index (χ3v) is 2.63. The van der Waals surface area contributed by atoms with Gasteiger partial charge in [0.2, 0.25) is 0 Å². The van der Waals surface area contributed by atoms with Crippen LogP contribution >= 0.6 is 0 Å². The Kier molecular flexibility index (Phi) is 8.18. The molecule has 0 bridgehead atoms. The van der Waals surface area contributed by atoms with Gasteiger partial charge < -0.3 is 24.8 Å². The van der Waals surface area contributed by atoms with Crippen LogP contribution in [-0.4, -0.2) is 0 Å². The van der Waals surface area contributed by atoms with Gasteiger partial charge in [0.25, 0.3) is 0 Å². The standard InChI is InChI=1S/C12H13.2ClH.Zr/c1-8-4-5-9(2)12-10(3)6-7-11(8)12;;;/h4-5,7,10H,1-3H3;2*1H;/q-1;;;+3/p-2. The van der Waals surface area contributed by atoms with Crippen LogP contribution in [0, 0.1) is 19.9 Å². The fourth-order valence-corrected chi connectivity index (χ4v) is 1.91. The second-order valence-electron chi connectivity index (χ2n) is 3.56. The normalized spacial score (nSPS) is 15.8. The molecule has 1 aromatic rings. The number of allylic oxidation sites excluding steroid dienone is 1. The molecule has 1 aromatic carbocycles. The first-order valence-corrected chi connectivity index (χ1v) is 4.39. The van der Waals surface area contributed by atoms with Crippen molar-refractivity contribution in [2.45, 2.75) is 26.7 Å². The van der Waals surface area contributed by atoms with Crippen LogP contribution in [-0.2, 0) is 26.2 Å². The third kappa shape index (κ3) is 3.19. The van der Waals surface area contributed by atoms with Crippen LogP contribution in [0.15, 0.2) is 12.1 Å². The van der Waals surface area contributed by atoms with Gasteiger partial charge in [0.1, 0.15) is 0 Å². The molecule has 1 atom stereocenters. The zero-order valence-corrected chi connectivity index (χ0v) is 13.0. The van der Waals surface area contributed by atoms with E-state index in [1.165, 1.54) is 22.3 Å². The predicted octanol–water partition coefficient (Wildman–Crippen LogP) is -2.76. The summed E-state index contributed by atoms with van der Waals surface area (Å²) in [7, 11) is 0. The van der Waals surface area contributed by atoms with E-state index in [-0.39, 0.29) is 51.0 Å². The summed E-state index contributed by atoms with van der Waals surface area (Å²) in [6, 6.07) is 4.38. The van der Waals surface area contributed by atoms with Gasteiger partial charge in [-0.1, -0.05) is 37.5 Å². The number of hydrogen-bond donors (Lipinski definition) is 0. The van der Waals surface area contributed by atoms with Crippen LogP contribution in [0.2, 0.25) is 0 Å². The summed E-state index contributed by atoms with van der Waals surface area (Å²) < 4.78 is 0. The van der Waals surface area contributed by atoms with Crippen molar-refractivity contribution in [3.8, 4) is 0 Å². The van der Waals surface area contributed by atoms with Crippen LogP contribution in [0.5, 0.6) is 0 Å². The number of aryl methyl sites for hydroxylation is 2. The molecule has 1 radical (unpaired) electrons. The average Bonchev–Trinajstić information content (AvgIpc) is 2.42. The molecule has 1 aliphatic carbocycles. The molecule has 0 aliphatic heterocycles.